The molecule has 0 amide bonds. The summed E-state index contributed by atoms with van der Waals surface area (Å²) in [5.41, 5.74) is -0.102. The van der Waals surface area contributed by atoms with Crippen LogP contribution in [0.2, 0.25) is 0 Å². The van der Waals surface area contributed by atoms with E-state index in [1.165, 1.54) is 37.5 Å². The van der Waals surface area contributed by atoms with Gasteiger partial charge in [0.15, 0.2) is 16.6 Å². The molecule has 1 N–H and O–H groups in total. The van der Waals surface area contributed by atoms with Crippen LogP contribution in [0.5, 0.6) is 0 Å². The van der Waals surface area contributed by atoms with Gasteiger partial charge in [-0.2, -0.15) is 0 Å². The van der Waals surface area contributed by atoms with Crippen molar-refractivity contribution in [2.45, 2.75) is 39.0 Å². The molecule has 0 radical (unpaired) electrons. The third-order valence-corrected chi connectivity index (χ3v) is 4.48. The Labute approximate surface area is 116 Å². The summed E-state index contributed by atoms with van der Waals surface area (Å²) in [7, 11) is 0. The maximum atomic E-state index is 11.5. The van der Waals surface area contributed by atoms with Crippen molar-refractivity contribution < 1.29 is 14.7 Å². The van der Waals surface area contributed by atoms with Crippen LogP contribution in [0, 0.1) is 0 Å². The highest BCUT2D eigenvalue weighted by Gasteiger charge is 2.23. The Morgan fingerprint density at radius 1 is 1.16 bits per heavy atom. The third kappa shape index (κ3) is 3.32. The third-order valence-electron chi connectivity index (χ3n) is 3.26. The van der Waals surface area contributed by atoms with E-state index in [-0.39, 0.29) is 16.4 Å². The van der Waals surface area contributed by atoms with Crippen LogP contribution in [0.15, 0.2) is 0 Å². The first-order valence-corrected chi connectivity index (χ1v) is 7.41. The molecule has 1 aromatic heterocycles. The van der Waals surface area contributed by atoms with Crippen LogP contribution in [0.25, 0.3) is 0 Å². The molecule has 0 atom stereocenters. The molecule has 0 saturated carbocycles. The van der Waals surface area contributed by atoms with Crippen molar-refractivity contribution in [3.8, 4) is 0 Å². The van der Waals surface area contributed by atoms with Crippen molar-refractivity contribution in [3.05, 3.63) is 10.6 Å². The van der Waals surface area contributed by atoms with Crippen LogP contribution in [0.4, 0.5) is 5.13 Å². The molecule has 0 spiro atoms. The quantitative estimate of drug-likeness (QED) is 0.863. The summed E-state index contributed by atoms with van der Waals surface area (Å²) >= 11 is 1.20. The number of thiazole rings is 1. The smallest absolute Gasteiger partial charge is 0.356 e. The zero-order chi connectivity index (χ0) is 13.8. The van der Waals surface area contributed by atoms with Crippen molar-refractivity contribution in [2.24, 2.45) is 0 Å². The van der Waals surface area contributed by atoms with E-state index in [9.17, 15) is 9.59 Å². The van der Waals surface area contributed by atoms with Gasteiger partial charge in [-0.05, 0) is 12.8 Å². The fourth-order valence-electron chi connectivity index (χ4n) is 2.27. The molecule has 2 rings (SSSR count). The van der Waals surface area contributed by atoms with Crippen molar-refractivity contribution in [1.29, 1.82) is 0 Å². The average Bonchev–Trinajstić information content (AvgIpc) is 2.73. The van der Waals surface area contributed by atoms with Gasteiger partial charge in [0, 0.05) is 20.0 Å². The summed E-state index contributed by atoms with van der Waals surface area (Å²) in [6.45, 7) is 3.17. The molecule has 0 aromatic carbocycles. The van der Waals surface area contributed by atoms with Gasteiger partial charge >= 0.3 is 5.97 Å². The summed E-state index contributed by atoms with van der Waals surface area (Å²) in [6.07, 6.45) is 5.86. The number of carboxylic acids is 1. The number of Topliss-reactive ketones (excluding diaryl/α,β-unsaturated/α-hetero) is 1. The van der Waals surface area contributed by atoms with Crippen LogP contribution < -0.4 is 4.90 Å². The number of aromatic carboxylic acids is 1. The number of carbonyl (C=O) groups excluding carboxylic acids is 1. The Hall–Kier alpha value is -1.43. The Kier molecular flexibility index (Phi) is 4.52. The fraction of sp³-hybridized carbons (Fsp3) is 0.615. The number of nitrogens with zero attached hydrogens (tertiary/aromatic N) is 2. The van der Waals surface area contributed by atoms with E-state index in [4.69, 9.17) is 5.11 Å². The Balaban J connectivity index is 2.25. The van der Waals surface area contributed by atoms with Gasteiger partial charge in [0.1, 0.15) is 4.88 Å². The highest BCUT2D eigenvalue weighted by Crippen LogP contribution is 2.28. The molecule has 0 aliphatic carbocycles. The van der Waals surface area contributed by atoms with Crippen molar-refractivity contribution >= 4 is 28.2 Å². The normalized spacial score (nSPS) is 16.8. The van der Waals surface area contributed by atoms with Crippen LogP contribution in [0.3, 0.4) is 0 Å². The number of rotatable bonds is 3. The minimum atomic E-state index is -1.13. The van der Waals surface area contributed by atoms with Gasteiger partial charge in [-0.15, -0.1) is 0 Å². The second-order valence-electron chi connectivity index (χ2n) is 4.79. The molecule has 2 heterocycles. The van der Waals surface area contributed by atoms with Gasteiger partial charge in [0.05, 0.1) is 0 Å². The van der Waals surface area contributed by atoms with Gasteiger partial charge in [0.2, 0.25) is 0 Å². The molecule has 19 heavy (non-hydrogen) atoms. The molecule has 1 fully saturated rings. The van der Waals surface area contributed by atoms with Crippen LogP contribution in [-0.2, 0) is 0 Å². The molecule has 1 aliphatic rings. The van der Waals surface area contributed by atoms with Gasteiger partial charge in [-0.1, -0.05) is 30.6 Å². The molecule has 0 bridgehead atoms. The van der Waals surface area contributed by atoms with Gasteiger partial charge in [-0.25, -0.2) is 9.78 Å². The summed E-state index contributed by atoms with van der Waals surface area (Å²) < 4.78 is 0. The number of hydrogen-bond donors (Lipinski definition) is 1. The van der Waals surface area contributed by atoms with Crippen molar-refractivity contribution in [3.63, 3.8) is 0 Å². The van der Waals surface area contributed by atoms with E-state index in [0.29, 0.717) is 5.13 Å². The minimum Gasteiger partial charge on any atom is -0.476 e. The summed E-state index contributed by atoms with van der Waals surface area (Å²) in [4.78, 5) is 29.1. The highest BCUT2D eigenvalue weighted by atomic mass is 32.1. The van der Waals surface area contributed by atoms with E-state index in [1.54, 1.807) is 0 Å². The lowest BCUT2D eigenvalue weighted by atomic mass is 10.1. The maximum Gasteiger partial charge on any atom is 0.356 e. The molecular formula is C13H18N2O3S. The standard InChI is InChI=1S/C13H18N2O3S/c1-9(16)11-10(12(17)18)14-13(19-11)15-7-5-3-2-4-6-8-15/h2-8H2,1H3,(H,17,18). The second-order valence-corrected chi connectivity index (χ2v) is 5.77. The Bertz CT molecular complexity index is 445. The Morgan fingerprint density at radius 3 is 2.21 bits per heavy atom. The van der Waals surface area contributed by atoms with Crippen molar-refractivity contribution in [2.75, 3.05) is 18.0 Å². The lowest BCUT2D eigenvalue weighted by Gasteiger charge is -2.23. The zero-order valence-corrected chi connectivity index (χ0v) is 11.8. The molecule has 6 heteroatoms. The highest BCUT2D eigenvalue weighted by molar-refractivity contribution is 7.17. The maximum absolute atomic E-state index is 11.5. The first-order valence-electron chi connectivity index (χ1n) is 6.59. The molecule has 1 saturated heterocycles. The molecule has 0 unspecified atom stereocenters. The first-order chi connectivity index (χ1) is 9.09. The van der Waals surface area contributed by atoms with Gasteiger partial charge < -0.3 is 10.0 Å². The molecule has 1 aliphatic heterocycles. The lowest BCUT2D eigenvalue weighted by molar-refractivity contribution is 0.0687. The summed E-state index contributed by atoms with van der Waals surface area (Å²) in [5.74, 6) is -1.35. The van der Waals surface area contributed by atoms with E-state index >= 15 is 0 Å². The predicted molar refractivity (Wildman–Crippen MR) is 74.4 cm³/mol. The van der Waals surface area contributed by atoms with Gasteiger partial charge in [0.25, 0.3) is 0 Å². The van der Waals surface area contributed by atoms with E-state index in [2.05, 4.69) is 9.88 Å². The zero-order valence-electron chi connectivity index (χ0n) is 11.0. The largest absolute Gasteiger partial charge is 0.476 e. The molecule has 1 aromatic rings. The summed E-state index contributed by atoms with van der Waals surface area (Å²) in [6, 6.07) is 0. The van der Waals surface area contributed by atoms with Gasteiger partial charge in [-0.3, -0.25) is 4.79 Å². The van der Waals surface area contributed by atoms with E-state index in [0.717, 1.165) is 25.9 Å². The van der Waals surface area contributed by atoms with Crippen LogP contribution >= 0.6 is 11.3 Å². The second kappa shape index (κ2) is 6.14. The predicted octanol–water partition coefficient (Wildman–Crippen LogP) is 2.81. The fourth-order valence-corrected chi connectivity index (χ4v) is 3.27. The average molecular weight is 282 g/mol. The number of hydrogen-bond acceptors (Lipinski definition) is 5. The molecule has 104 valence electrons. The van der Waals surface area contributed by atoms with E-state index < -0.39 is 5.97 Å². The van der Waals surface area contributed by atoms with E-state index in [1.807, 2.05) is 0 Å². The molecular weight excluding hydrogens is 264 g/mol. The summed E-state index contributed by atoms with van der Waals surface area (Å²) in [5, 5.41) is 9.77. The number of ketones is 1. The monoisotopic (exact) mass is 282 g/mol. The first kappa shape index (κ1) is 14.0. The number of anilines is 1. The SMILES string of the molecule is CC(=O)c1sc(N2CCCCCCC2)nc1C(=O)O. The molecule has 5 nitrogen and oxygen atoms in total. The van der Waals surface area contributed by atoms with Crippen molar-refractivity contribution in [1.82, 2.24) is 4.98 Å². The van der Waals surface area contributed by atoms with Crippen LogP contribution in [0.1, 0.15) is 59.2 Å². The number of aromatic nitrogens is 1. The topological polar surface area (TPSA) is 70.5 Å². The minimum absolute atomic E-state index is 0.102. The lowest BCUT2D eigenvalue weighted by Crippen LogP contribution is -2.26. The number of carbonyl (C=O) groups is 2. The number of carboxylic acid groups (broad SMARTS) is 1. The Morgan fingerprint density at radius 2 is 1.74 bits per heavy atom. The van der Waals surface area contributed by atoms with Crippen LogP contribution in [-0.4, -0.2) is 34.9 Å².